The van der Waals surface area contributed by atoms with Gasteiger partial charge in [0.1, 0.15) is 5.75 Å². The molecule has 1 unspecified atom stereocenters. The largest absolute Gasteiger partial charge is 0.494 e. The Hall–Kier alpha value is -1.53. The molecule has 1 atom stereocenters. The molecule has 0 bridgehead atoms. The summed E-state index contributed by atoms with van der Waals surface area (Å²) < 4.78 is 5.29. The molecular formula is C11H13NO2. The van der Waals surface area contributed by atoms with Crippen LogP contribution in [0.5, 0.6) is 5.75 Å². The highest BCUT2D eigenvalue weighted by molar-refractivity contribution is 5.30. The number of nitrogens with zero attached hydrogens (tertiary/aromatic N) is 1. The van der Waals surface area contributed by atoms with E-state index in [1.807, 2.05) is 19.1 Å². The fourth-order valence-electron chi connectivity index (χ4n) is 1.17. The van der Waals surface area contributed by atoms with E-state index in [4.69, 9.17) is 11.3 Å². The zero-order valence-electron chi connectivity index (χ0n) is 8.10. The van der Waals surface area contributed by atoms with Crippen molar-refractivity contribution < 1.29 is 9.84 Å². The molecule has 3 heteroatoms. The minimum Gasteiger partial charge on any atom is -0.494 e. The third-order valence-corrected chi connectivity index (χ3v) is 1.82. The normalized spacial score (nSPS) is 11.8. The Balaban J connectivity index is 2.78. The maximum atomic E-state index is 9.54. The number of hydrogen-bond donors (Lipinski definition) is 1. The fraction of sp³-hybridized carbons (Fsp3) is 0.364. The van der Waals surface area contributed by atoms with E-state index in [0.29, 0.717) is 6.61 Å². The van der Waals surface area contributed by atoms with E-state index in [9.17, 15) is 5.11 Å². The molecule has 3 nitrogen and oxygen atoms in total. The van der Waals surface area contributed by atoms with Crippen molar-refractivity contribution in [3.05, 3.63) is 41.2 Å². The first-order valence-electron chi connectivity index (χ1n) is 4.52. The van der Waals surface area contributed by atoms with E-state index in [-0.39, 0.29) is 6.54 Å². The summed E-state index contributed by atoms with van der Waals surface area (Å²) >= 11 is 0. The monoisotopic (exact) mass is 191 g/mol. The molecule has 0 saturated carbocycles. The maximum absolute atomic E-state index is 9.54. The van der Waals surface area contributed by atoms with Gasteiger partial charge in [0.05, 0.1) is 6.61 Å². The van der Waals surface area contributed by atoms with Crippen molar-refractivity contribution in [2.24, 2.45) is 0 Å². The van der Waals surface area contributed by atoms with Crippen LogP contribution in [0.25, 0.3) is 4.85 Å². The number of aliphatic hydroxyl groups is 1. The molecule has 0 heterocycles. The maximum Gasteiger partial charge on any atom is 0.244 e. The van der Waals surface area contributed by atoms with Gasteiger partial charge < -0.3 is 14.7 Å². The predicted octanol–water partition coefficient (Wildman–Crippen LogP) is 2.04. The number of benzene rings is 1. The zero-order valence-corrected chi connectivity index (χ0v) is 8.10. The summed E-state index contributed by atoms with van der Waals surface area (Å²) in [6.45, 7) is 9.25. The Bertz CT molecular complexity index is 330. The van der Waals surface area contributed by atoms with Crippen molar-refractivity contribution >= 4 is 0 Å². The Morgan fingerprint density at radius 2 is 2.36 bits per heavy atom. The lowest BCUT2D eigenvalue weighted by molar-refractivity contribution is 0.194. The first-order chi connectivity index (χ1) is 6.77. The molecule has 0 saturated heterocycles. The van der Waals surface area contributed by atoms with Crippen LogP contribution >= 0.6 is 0 Å². The van der Waals surface area contributed by atoms with Gasteiger partial charge in [0.2, 0.25) is 6.54 Å². The van der Waals surface area contributed by atoms with Gasteiger partial charge in [-0.15, -0.1) is 0 Å². The summed E-state index contributed by atoms with van der Waals surface area (Å²) in [7, 11) is 0. The number of hydrogen-bond acceptors (Lipinski definition) is 2. The van der Waals surface area contributed by atoms with Crippen LogP contribution in [0.3, 0.4) is 0 Å². The summed E-state index contributed by atoms with van der Waals surface area (Å²) in [4.78, 5) is 3.15. The molecule has 0 aromatic heterocycles. The molecule has 14 heavy (non-hydrogen) atoms. The first kappa shape index (κ1) is 10.6. The summed E-state index contributed by atoms with van der Waals surface area (Å²) in [6.07, 6.45) is -0.715. The van der Waals surface area contributed by atoms with Crippen LogP contribution in [0, 0.1) is 6.57 Å². The van der Waals surface area contributed by atoms with Crippen LogP contribution in [-0.2, 0) is 0 Å². The molecular weight excluding hydrogens is 178 g/mol. The van der Waals surface area contributed by atoms with Crippen LogP contribution in [0.15, 0.2) is 24.3 Å². The van der Waals surface area contributed by atoms with Crippen molar-refractivity contribution in [2.75, 3.05) is 13.2 Å². The minimum absolute atomic E-state index is 0.0928. The summed E-state index contributed by atoms with van der Waals surface area (Å²) in [5.74, 6) is 0.731. The lowest BCUT2D eigenvalue weighted by atomic mass is 10.1. The highest BCUT2D eigenvalue weighted by Crippen LogP contribution is 2.19. The molecule has 0 radical (unpaired) electrons. The second-order valence-corrected chi connectivity index (χ2v) is 2.86. The Kier molecular flexibility index (Phi) is 3.96. The van der Waals surface area contributed by atoms with Gasteiger partial charge in [-0.3, -0.25) is 0 Å². The SMILES string of the molecule is [C-]#[N+]CC(O)c1cccc(OCC)c1. The summed E-state index contributed by atoms with van der Waals surface area (Å²) in [6, 6.07) is 7.20. The van der Waals surface area contributed by atoms with Gasteiger partial charge in [0.25, 0.3) is 0 Å². The molecule has 0 spiro atoms. The second kappa shape index (κ2) is 5.25. The molecule has 1 aromatic rings. The van der Waals surface area contributed by atoms with Crippen molar-refractivity contribution in [3.63, 3.8) is 0 Å². The molecule has 0 aliphatic heterocycles. The molecule has 0 aliphatic carbocycles. The van der Waals surface area contributed by atoms with Crippen molar-refractivity contribution in [3.8, 4) is 5.75 Å². The van der Waals surface area contributed by atoms with Gasteiger partial charge in [-0.2, -0.15) is 0 Å². The molecule has 1 aromatic carbocycles. The number of ether oxygens (including phenoxy) is 1. The third kappa shape index (κ3) is 2.75. The molecule has 0 amide bonds. The van der Waals surface area contributed by atoms with Crippen LogP contribution in [0.1, 0.15) is 18.6 Å². The average Bonchev–Trinajstić information content (AvgIpc) is 2.19. The topological polar surface area (TPSA) is 33.8 Å². The Morgan fingerprint density at radius 3 is 3.00 bits per heavy atom. The molecule has 0 aliphatic rings. The number of aliphatic hydroxyl groups excluding tert-OH is 1. The molecule has 0 fully saturated rings. The number of rotatable bonds is 4. The van der Waals surface area contributed by atoms with Gasteiger partial charge in [-0.05, 0) is 24.6 Å². The van der Waals surface area contributed by atoms with Gasteiger partial charge in [-0.1, -0.05) is 12.1 Å². The second-order valence-electron chi connectivity index (χ2n) is 2.86. The lowest BCUT2D eigenvalue weighted by Gasteiger charge is -2.07. The highest BCUT2D eigenvalue weighted by Gasteiger charge is 2.10. The fourth-order valence-corrected chi connectivity index (χ4v) is 1.17. The smallest absolute Gasteiger partial charge is 0.244 e. The van der Waals surface area contributed by atoms with Crippen LogP contribution < -0.4 is 4.74 Å². The van der Waals surface area contributed by atoms with Gasteiger partial charge >= 0.3 is 0 Å². The van der Waals surface area contributed by atoms with E-state index in [2.05, 4.69) is 4.85 Å². The van der Waals surface area contributed by atoms with E-state index >= 15 is 0 Å². The van der Waals surface area contributed by atoms with E-state index in [0.717, 1.165) is 11.3 Å². The highest BCUT2D eigenvalue weighted by atomic mass is 16.5. The summed E-state index contributed by atoms with van der Waals surface area (Å²) in [5.41, 5.74) is 0.729. The van der Waals surface area contributed by atoms with Gasteiger partial charge in [0.15, 0.2) is 6.10 Å². The Morgan fingerprint density at radius 1 is 1.57 bits per heavy atom. The van der Waals surface area contributed by atoms with E-state index < -0.39 is 6.10 Å². The van der Waals surface area contributed by atoms with Crippen LogP contribution in [-0.4, -0.2) is 18.3 Å². The van der Waals surface area contributed by atoms with Crippen molar-refractivity contribution in [1.29, 1.82) is 0 Å². The van der Waals surface area contributed by atoms with E-state index in [1.165, 1.54) is 0 Å². The van der Waals surface area contributed by atoms with Crippen molar-refractivity contribution in [2.45, 2.75) is 13.0 Å². The minimum atomic E-state index is -0.715. The molecule has 1 rings (SSSR count). The van der Waals surface area contributed by atoms with E-state index in [1.54, 1.807) is 12.1 Å². The van der Waals surface area contributed by atoms with Gasteiger partial charge in [-0.25, -0.2) is 6.57 Å². The summed E-state index contributed by atoms with van der Waals surface area (Å²) in [5, 5.41) is 9.54. The van der Waals surface area contributed by atoms with Crippen LogP contribution in [0.2, 0.25) is 0 Å². The van der Waals surface area contributed by atoms with Crippen LogP contribution in [0.4, 0.5) is 0 Å². The Labute approximate surface area is 83.8 Å². The van der Waals surface area contributed by atoms with Crippen molar-refractivity contribution in [1.82, 2.24) is 0 Å². The quantitative estimate of drug-likeness (QED) is 0.739. The molecule has 74 valence electrons. The standard InChI is InChI=1S/C11H13NO2/c1-3-14-10-6-4-5-9(7-10)11(13)8-12-2/h4-7,11,13H,3,8H2,1H3. The predicted molar refractivity (Wildman–Crippen MR) is 54.0 cm³/mol. The first-order valence-corrected chi connectivity index (χ1v) is 4.52. The molecule has 1 N–H and O–H groups in total. The zero-order chi connectivity index (χ0) is 10.4. The van der Waals surface area contributed by atoms with Gasteiger partial charge in [0, 0.05) is 0 Å². The third-order valence-electron chi connectivity index (χ3n) is 1.82. The lowest BCUT2D eigenvalue weighted by Crippen LogP contribution is -2.00. The average molecular weight is 191 g/mol.